The lowest BCUT2D eigenvalue weighted by Crippen LogP contribution is -2.40. The number of rotatable bonds is 4. The lowest BCUT2D eigenvalue weighted by Gasteiger charge is -2.32. The predicted octanol–water partition coefficient (Wildman–Crippen LogP) is 2.46. The van der Waals surface area contributed by atoms with Crippen LogP contribution in [0, 0.1) is 11.7 Å². The summed E-state index contributed by atoms with van der Waals surface area (Å²) in [4.78, 5) is 14.2. The molecule has 0 aliphatic carbocycles. The van der Waals surface area contributed by atoms with Gasteiger partial charge in [0.2, 0.25) is 0 Å². The van der Waals surface area contributed by atoms with Crippen molar-refractivity contribution in [1.29, 1.82) is 0 Å². The number of nitrogens with zero attached hydrogens (tertiary/aromatic N) is 1. The number of hydrogen-bond donors (Lipinski definition) is 1. The second kappa shape index (κ2) is 8.20. The van der Waals surface area contributed by atoms with E-state index < -0.39 is 5.82 Å². The maximum atomic E-state index is 13.7. The number of amides is 1. The van der Waals surface area contributed by atoms with Crippen molar-refractivity contribution in [2.45, 2.75) is 19.3 Å². The van der Waals surface area contributed by atoms with Crippen molar-refractivity contribution < 1.29 is 13.9 Å². The molecule has 6 heteroatoms. The van der Waals surface area contributed by atoms with E-state index in [2.05, 4.69) is 0 Å². The number of ether oxygens (including phenoxy) is 1. The van der Waals surface area contributed by atoms with E-state index in [-0.39, 0.29) is 24.1 Å². The molecule has 0 aromatic heterocycles. The van der Waals surface area contributed by atoms with E-state index in [1.165, 1.54) is 19.2 Å². The highest BCUT2D eigenvalue weighted by molar-refractivity contribution is 5.94. The summed E-state index contributed by atoms with van der Waals surface area (Å²) in [5, 5.41) is 0. The Morgan fingerprint density at radius 2 is 2.29 bits per heavy atom. The third kappa shape index (κ3) is 4.32. The summed E-state index contributed by atoms with van der Waals surface area (Å²) in [7, 11) is 1.40. The highest BCUT2D eigenvalue weighted by Crippen LogP contribution is 2.23. The number of methoxy groups -OCH3 is 1. The molecule has 0 bridgehead atoms. The van der Waals surface area contributed by atoms with Crippen LogP contribution < -0.4 is 10.5 Å². The summed E-state index contributed by atoms with van der Waals surface area (Å²) >= 11 is 0. The Labute approximate surface area is 130 Å². The molecular formula is C15H22ClFN2O2. The van der Waals surface area contributed by atoms with Gasteiger partial charge in [0.15, 0.2) is 11.6 Å². The van der Waals surface area contributed by atoms with Gasteiger partial charge in [-0.05, 0) is 49.9 Å². The lowest BCUT2D eigenvalue weighted by molar-refractivity contribution is 0.0669. The Hall–Kier alpha value is -1.33. The normalized spacial score (nSPS) is 18.0. The van der Waals surface area contributed by atoms with Gasteiger partial charge < -0.3 is 15.4 Å². The molecule has 2 N–H and O–H groups in total. The van der Waals surface area contributed by atoms with E-state index in [0.717, 1.165) is 25.8 Å². The molecule has 0 radical (unpaired) electrons. The van der Waals surface area contributed by atoms with Crippen LogP contribution in [0.4, 0.5) is 4.39 Å². The molecule has 1 aliphatic rings. The zero-order valence-electron chi connectivity index (χ0n) is 12.2. The third-order valence-electron chi connectivity index (χ3n) is 3.78. The topological polar surface area (TPSA) is 55.6 Å². The summed E-state index contributed by atoms with van der Waals surface area (Å²) in [6, 6.07) is 4.34. The van der Waals surface area contributed by atoms with Crippen LogP contribution in [0.15, 0.2) is 18.2 Å². The second-order valence-electron chi connectivity index (χ2n) is 5.19. The molecule has 1 saturated heterocycles. The van der Waals surface area contributed by atoms with Gasteiger partial charge >= 0.3 is 0 Å². The Morgan fingerprint density at radius 1 is 1.52 bits per heavy atom. The first kappa shape index (κ1) is 17.7. The molecule has 4 nitrogen and oxygen atoms in total. The summed E-state index contributed by atoms with van der Waals surface area (Å²) in [6.45, 7) is 2.08. The van der Waals surface area contributed by atoms with E-state index in [1.807, 2.05) is 0 Å². The average Bonchev–Trinajstić information content (AvgIpc) is 2.47. The minimum Gasteiger partial charge on any atom is -0.494 e. The van der Waals surface area contributed by atoms with Crippen molar-refractivity contribution >= 4 is 18.3 Å². The zero-order valence-corrected chi connectivity index (χ0v) is 13.0. The van der Waals surface area contributed by atoms with Crippen molar-refractivity contribution in [1.82, 2.24) is 4.90 Å². The van der Waals surface area contributed by atoms with E-state index in [9.17, 15) is 9.18 Å². The van der Waals surface area contributed by atoms with Crippen LogP contribution in [0.5, 0.6) is 5.75 Å². The van der Waals surface area contributed by atoms with Crippen molar-refractivity contribution in [2.75, 3.05) is 26.7 Å². The molecule has 0 saturated carbocycles. The van der Waals surface area contributed by atoms with Gasteiger partial charge in [-0.2, -0.15) is 0 Å². The Balaban J connectivity index is 0.00000220. The fourth-order valence-corrected chi connectivity index (χ4v) is 2.70. The highest BCUT2D eigenvalue weighted by atomic mass is 35.5. The molecule has 1 heterocycles. The largest absolute Gasteiger partial charge is 0.494 e. The Bertz CT molecular complexity index is 483. The number of carbonyl (C=O) groups is 1. The van der Waals surface area contributed by atoms with Crippen LogP contribution in [0.25, 0.3) is 0 Å². The van der Waals surface area contributed by atoms with Crippen LogP contribution in [-0.2, 0) is 0 Å². The first-order valence-electron chi connectivity index (χ1n) is 6.98. The summed E-state index contributed by atoms with van der Waals surface area (Å²) in [5.41, 5.74) is 5.95. The Kier molecular flexibility index (Phi) is 6.92. The molecule has 118 valence electrons. The van der Waals surface area contributed by atoms with E-state index in [4.69, 9.17) is 10.5 Å². The first-order valence-corrected chi connectivity index (χ1v) is 6.98. The molecule has 1 aromatic rings. The number of hydrogen-bond acceptors (Lipinski definition) is 3. The molecule has 1 unspecified atom stereocenters. The Morgan fingerprint density at radius 3 is 2.90 bits per heavy atom. The van der Waals surface area contributed by atoms with E-state index in [0.29, 0.717) is 24.6 Å². The summed E-state index contributed by atoms with van der Waals surface area (Å²) < 4.78 is 18.5. The fraction of sp³-hybridized carbons (Fsp3) is 0.533. The van der Waals surface area contributed by atoms with Crippen LogP contribution in [-0.4, -0.2) is 37.6 Å². The highest BCUT2D eigenvalue weighted by Gasteiger charge is 2.24. The van der Waals surface area contributed by atoms with Gasteiger partial charge in [0, 0.05) is 18.7 Å². The second-order valence-corrected chi connectivity index (χ2v) is 5.19. The van der Waals surface area contributed by atoms with Gasteiger partial charge in [-0.15, -0.1) is 12.4 Å². The lowest BCUT2D eigenvalue weighted by atomic mass is 9.94. The molecule has 1 aromatic carbocycles. The zero-order chi connectivity index (χ0) is 14.5. The van der Waals surface area contributed by atoms with Crippen molar-refractivity contribution in [3.63, 3.8) is 0 Å². The number of benzene rings is 1. The summed E-state index contributed by atoms with van der Waals surface area (Å²) in [5.74, 6) is -0.0101. The van der Waals surface area contributed by atoms with Crippen LogP contribution >= 0.6 is 12.4 Å². The van der Waals surface area contributed by atoms with Crippen LogP contribution in [0.3, 0.4) is 0 Å². The van der Waals surface area contributed by atoms with Crippen LogP contribution in [0.2, 0.25) is 0 Å². The van der Waals surface area contributed by atoms with Gasteiger partial charge in [0.1, 0.15) is 0 Å². The number of piperidine rings is 1. The average molecular weight is 317 g/mol. The monoisotopic (exact) mass is 316 g/mol. The molecular weight excluding hydrogens is 295 g/mol. The number of halogens is 2. The predicted molar refractivity (Wildman–Crippen MR) is 82.5 cm³/mol. The molecule has 1 amide bonds. The SMILES string of the molecule is COc1ccc(C(=O)N2CCCC(CCN)C2)cc1F.Cl. The first-order chi connectivity index (χ1) is 9.65. The van der Waals surface area contributed by atoms with Crippen molar-refractivity contribution in [3.05, 3.63) is 29.6 Å². The maximum Gasteiger partial charge on any atom is 0.253 e. The minimum absolute atomic E-state index is 0. The standard InChI is InChI=1S/C15H21FN2O2.ClH/c1-20-14-5-4-12(9-13(14)16)15(19)18-8-2-3-11(10-18)6-7-17;/h4-5,9,11H,2-3,6-8,10,17H2,1H3;1H. The molecule has 21 heavy (non-hydrogen) atoms. The van der Waals surface area contributed by atoms with Crippen molar-refractivity contribution in [3.8, 4) is 5.75 Å². The third-order valence-corrected chi connectivity index (χ3v) is 3.78. The number of nitrogens with two attached hydrogens (primary N) is 1. The van der Waals surface area contributed by atoms with E-state index in [1.54, 1.807) is 11.0 Å². The van der Waals surface area contributed by atoms with Crippen LogP contribution in [0.1, 0.15) is 29.6 Å². The number of likely N-dealkylation sites (tertiary alicyclic amines) is 1. The molecule has 1 fully saturated rings. The van der Waals surface area contributed by atoms with Gasteiger partial charge in [0.05, 0.1) is 7.11 Å². The smallest absolute Gasteiger partial charge is 0.253 e. The quantitative estimate of drug-likeness (QED) is 0.928. The minimum atomic E-state index is -0.506. The molecule has 2 rings (SSSR count). The fourth-order valence-electron chi connectivity index (χ4n) is 2.70. The summed E-state index contributed by atoms with van der Waals surface area (Å²) in [6.07, 6.45) is 3.02. The molecule has 1 atom stereocenters. The van der Waals surface area contributed by atoms with Crippen molar-refractivity contribution in [2.24, 2.45) is 11.7 Å². The van der Waals surface area contributed by atoms with Gasteiger partial charge in [-0.25, -0.2) is 4.39 Å². The van der Waals surface area contributed by atoms with E-state index >= 15 is 0 Å². The van der Waals surface area contributed by atoms with Gasteiger partial charge in [0.25, 0.3) is 5.91 Å². The molecule has 1 aliphatic heterocycles. The molecule has 0 spiro atoms. The van der Waals surface area contributed by atoms with Gasteiger partial charge in [-0.3, -0.25) is 4.79 Å². The van der Waals surface area contributed by atoms with Gasteiger partial charge in [-0.1, -0.05) is 0 Å². The number of carbonyl (C=O) groups excluding carboxylic acids is 1. The maximum absolute atomic E-state index is 13.7.